The number of piperazine rings is 1. The van der Waals surface area contributed by atoms with Crippen molar-refractivity contribution in [1.29, 1.82) is 0 Å². The number of hydrogen-bond acceptors (Lipinski definition) is 5. The van der Waals surface area contributed by atoms with Crippen molar-refractivity contribution in [2.45, 2.75) is 19.9 Å². The van der Waals surface area contributed by atoms with Gasteiger partial charge in [-0.2, -0.15) is 0 Å². The van der Waals surface area contributed by atoms with Crippen LogP contribution in [-0.2, 0) is 4.79 Å². The van der Waals surface area contributed by atoms with Crippen LogP contribution in [0.2, 0.25) is 0 Å². The highest BCUT2D eigenvalue weighted by molar-refractivity contribution is 5.85. The summed E-state index contributed by atoms with van der Waals surface area (Å²) >= 11 is 0. The Labute approximate surface area is 137 Å². The van der Waals surface area contributed by atoms with Crippen molar-refractivity contribution in [3.8, 4) is 0 Å². The van der Waals surface area contributed by atoms with Crippen LogP contribution in [0.25, 0.3) is 0 Å². The second-order valence-corrected chi connectivity index (χ2v) is 5.01. The fourth-order valence-electron chi connectivity index (χ4n) is 2.09. The molecule has 1 aromatic rings. The van der Waals surface area contributed by atoms with Crippen LogP contribution in [0.1, 0.15) is 13.8 Å². The quantitative estimate of drug-likeness (QED) is 0.890. The molecule has 1 fully saturated rings. The molecule has 0 bridgehead atoms. The summed E-state index contributed by atoms with van der Waals surface area (Å²) in [5.74, 6) is 0.748. The van der Waals surface area contributed by atoms with E-state index < -0.39 is 0 Å². The molecule has 0 aliphatic carbocycles. The molecule has 2 N–H and O–H groups in total. The number of carbonyl (C=O) groups excluding carboxylic acids is 1. The maximum Gasteiger partial charge on any atom is 0.227 e. The Bertz CT molecular complexity index is 424. The molecular formula is C13H23Cl2N5O. The van der Waals surface area contributed by atoms with Crippen molar-refractivity contribution < 1.29 is 4.79 Å². The highest BCUT2D eigenvalue weighted by Gasteiger charge is 2.27. The molecule has 1 amide bonds. The minimum Gasteiger partial charge on any atom is -0.339 e. The van der Waals surface area contributed by atoms with Gasteiger partial charge in [-0.1, -0.05) is 6.92 Å². The van der Waals surface area contributed by atoms with E-state index in [0.717, 1.165) is 19.0 Å². The number of aromatic nitrogens is 2. The first-order valence-electron chi connectivity index (χ1n) is 6.66. The molecule has 2 atom stereocenters. The van der Waals surface area contributed by atoms with E-state index in [1.165, 1.54) is 0 Å². The minimum absolute atomic E-state index is 0. The van der Waals surface area contributed by atoms with E-state index in [0.29, 0.717) is 13.1 Å². The van der Waals surface area contributed by atoms with Gasteiger partial charge >= 0.3 is 0 Å². The van der Waals surface area contributed by atoms with E-state index in [1.54, 1.807) is 18.5 Å². The number of carbonyl (C=O) groups is 1. The molecule has 0 aromatic carbocycles. The van der Waals surface area contributed by atoms with Gasteiger partial charge in [0.2, 0.25) is 11.9 Å². The molecule has 1 aliphatic rings. The van der Waals surface area contributed by atoms with Gasteiger partial charge in [-0.3, -0.25) is 4.79 Å². The van der Waals surface area contributed by atoms with Gasteiger partial charge < -0.3 is 15.5 Å². The van der Waals surface area contributed by atoms with E-state index in [2.05, 4.69) is 14.9 Å². The van der Waals surface area contributed by atoms with Crippen molar-refractivity contribution >= 4 is 36.7 Å². The monoisotopic (exact) mass is 335 g/mol. The van der Waals surface area contributed by atoms with Crippen molar-refractivity contribution in [2.75, 3.05) is 31.1 Å². The normalized spacial score (nSPS) is 17.3. The molecule has 1 saturated heterocycles. The van der Waals surface area contributed by atoms with E-state index in [-0.39, 0.29) is 42.7 Å². The summed E-state index contributed by atoms with van der Waals surface area (Å²) in [5, 5.41) is 0. The van der Waals surface area contributed by atoms with Crippen LogP contribution < -0.4 is 10.6 Å². The zero-order valence-corrected chi connectivity index (χ0v) is 13.9. The number of nitrogens with two attached hydrogens (primary N) is 1. The standard InChI is InChI=1S/C13H21N5O.2ClH/c1-10(11(2)14)12(19)17-6-8-18(9-7-17)13-15-4-3-5-16-13;;/h3-5,10-11H,6-9,14H2,1-2H3;2*1H. The largest absolute Gasteiger partial charge is 0.339 e. The zero-order valence-electron chi connectivity index (χ0n) is 12.3. The van der Waals surface area contributed by atoms with Crippen LogP contribution in [0.4, 0.5) is 5.95 Å². The molecule has 1 aliphatic heterocycles. The smallest absolute Gasteiger partial charge is 0.227 e. The van der Waals surface area contributed by atoms with Gasteiger partial charge in [0.05, 0.1) is 5.92 Å². The lowest BCUT2D eigenvalue weighted by molar-refractivity contribution is -0.135. The Morgan fingerprint density at radius 1 is 1.14 bits per heavy atom. The lowest BCUT2D eigenvalue weighted by atomic mass is 10.0. The lowest BCUT2D eigenvalue weighted by Crippen LogP contribution is -2.52. The maximum atomic E-state index is 12.2. The average molecular weight is 336 g/mol. The second kappa shape index (κ2) is 9.02. The Balaban J connectivity index is 0.00000200. The summed E-state index contributed by atoms with van der Waals surface area (Å²) in [5.41, 5.74) is 5.78. The van der Waals surface area contributed by atoms with Crippen LogP contribution in [-0.4, -0.2) is 53.0 Å². The molecule has 0 spiro atoms. The van der Waals surface area contributed by atoms with E-state index in [1.807, 2.05) is 18.7 Å². The molecule has 2 rings (SSSR count). The minimum atomic E-state index is -0.125. The number of rotatable bonds is 3. The molecular weight excluding hydrogens is 313 g/mol. The number of amides is 1. The fourth-order valence-corrected chi connectivity index (χ4v) is 2.09. The molecule has 1 aromatic heterocycles. The maximum absolute atomic E-state index is 12.2. The zero-order chi connectivity index (χ0) is 13.8. The van der Waals surface area contributed by atoms with Crippen molar-refractivity contribution in [2.24, 2.45) is 11.7 Å². The van der Waals surface area contributed by atoms with Gasteiger partial charge in [-0.15, -0.1) is 24.8 Å². The third-order valence-electron chi connectivity index (χ3n) is 3.60. The first kappa shape index (κ1) is 19.9. The van der Waals surface area contributed by atoms with Crippen molar-refractivity contribution in [3.05, 3.63) is 18.5 Å². The van der Waals surface area contributed by atoms with Crippen molar-refractivity contribution in [1.82, 2.24) is 14.9 Å². The van der Waals surface area contributed by atoms with Gasteiger partial charge in [0, 0.05) is 44.6 Å². The first-order chi connectivity index (χ1) is 9.09. The third-order valence-corrected chi connectivity index (χ3v) is 3.60. The SMILES string of the molecule is CC(N)C(C)C(=O)N1CCN(c2ncccn2)CC1.Cl.Cl. The van der Waals surface area contributed by atoms with Gasteiger partial charge in [-0.25, -0.2) is 9.97 Å². The van der Waals surface area contributed by atoms with Gasteiger partial charge in [0.1, 0.15) is 0 Å². The molecule has 2 heterocycles. The highest BCUT2D eigenvalue weighted by atomic mass is 35.5. The van der Waals surface area contributed by atoms with Gasteiger partial charge in [0.25, 0.3) is 0 Å². The fraction of sp³-hybridized carbons (Fsp3) is 0.615. The van der Waals surface area contributed by atoms with Crippen LogP contribution in [0.15, 0.2) is 18.5 Å². The summed E-state index contributed by atoms with van der Waals surface area (Å²) in [7, 11) is 0. The predicted octanol–water partition coefficient (Wildman–Crippen LogP) is 0.952. The summed E-state index contributed by atoms with van der Waals surface area (Å²) in [6.07, 6.45) is 3.47. The summed E-state index contributed by atoms with van der Waals surface area (Å²) in [6, 6.07) is 1.69. The van der Waals surface area contributed by atoms with Crippen LogP contribution in [0, 0.1) is 5.92 Å². The lowest BCUT2D eigenvalue weighted by Gasteiger charge is -2.36. The Kier molecular flexibility index (Phi) is 8.54. The molecule has 0 saturated carbocycles. The van der Waals surface area contributed by atoms with Crippen LogP contribution in [0.5, 0.6) is 0 Å². The summed E-state index contributed by atoms with van der Waals surface area (Å²) in [4.78, 5) is 24.6. The predicted molar refractivity (Wildman–Crippen MR) is 88.1 cm³/mol. The third kappa shape index (κ3) is 4.98. The first-order valence-corrected chi connectivity index (χ1v) is 6.66. The topological polar surface area (TPSA) is 75.4 Å². The molecule has 0 radical (unpaired) electrons. The second-order valence-electron chi connectivity index (χ2n) is 5.01. The average Bonchev–Trinajstić information content (AvgIpc) is 2.46. The number of halogens is 2. The number of nitrogens with zero attached hydrogens (tertiary/aromatic N) is 4. The molecule has 120 valence electrons. The number of anilines is 1. The van der Waals surface area contributed by atoms with E-state index in [9.17, 15) is 4.79 Å². The van der Waals surface area contributed by atoms with E-state index >= 15 is 0 Å². The summed E-state index contributed by atoms with van der Waals surface area (Å²) in [6.45, 7) is 6.70. The van der Waals surface area contributed by atoms with Crippen LogP contribution >= 0.6 is 24.8 Å². The Hall–Kier alpha value is -1.11. The Morgan fingerprint density at radius 2 is 1.67 bits per heavy atom. The molecule has 6 nitrogen and oxygen atoms in total. The van der Waals surface area contributed by atoms with E-state index in [4.69, 9.17) is 5.73 Å². The molecule has 21 heavy (non-hydrogen) atoms. The highest BCUT2D eigenvalue weighted by Crippen LogP contribution is 2.13. The molecule has 2 unspecified atom stereocenters. The Morgan fingerprint density at radius 3 is 2.14 bits per heavy atom. The van der Waals surface area contributed by atoms with Gasteiger partial charge in [-0.05, 0) is 13.0 Å². The number of hydrogen-bond donors (Lipinski definition) is 1. The molecule has 8 heteroatoms. The summed E-state index contributed by atoms with van der Waals surface area (Å²) < 4.78 is 0. The van der Waals surface area contributed by atoms with Gasteiger partial charge in [0.15, 0.2) is 0 Å². The van der Waals surface area contributed by atoms with Crippen molar-refractivity contribution in [3.63, 3.8) is 0 Å². The van der Waals surface area contributed by atoms with Crippen LogP contribution in [0.3, 0.4) is 0 Å².